The van der Waals surface area contributed by atoms with Gasteiger partial charge in [-0.1, -0.05) is 29.3 Å². The molecule has 2 aromatic heterocycles. The molecule has 94 valence electrons. The molecule has 0 saturated carbocycles. The fourth-order valence-corrected chi connectivity index (χ4v) is 2.56. The minimum atomic E-state index is -0.213. The molecule has 0 radical (unpaired) electrons. The summed E-state index contributed by atoms with van der Waals surface area (Å²) in [4.78, 5) is 19.7. The number of rotatable bonds is 2. The van der Waals surface area contributed by atoms with Crippen LogP contribution in [0, 0.1) is 0 Å². The number of benzene rings is 1. The molecule has 0 aliphatic carbocycles. The number of carbonyl (C=O) groups is 1. The van der Waals surface area contributed by atoms with E-state index in [1.54, 1.807) is 36.7 Å². The van der Waals surface area contributed by atoms with Crippen LogP contribution < -0.4 is 0 Å². The van der Waals surface area contributed by atoms with Crippen LogP contribution in [0.25, 0.3) is 11.0 Å². The Hall–Kier alpha value is -1.84. The maximum Gasteiger partial charge on any atom is 0.198 e. The third-order valence-electron chi connectivity index (χ3n) is 2.89. The molecule has 0 unspecified atom stereocenters. The number of fused-ring (bicyclic) bond motifs is 1. The van der Waals surface area contributed by atoms with Crippen molar-refractivity contribution in [3.8, 4) is 0 Å². The van der Waals surface area contributed by atoms with Crippen molar-refractivity contribution in [2.24, 2.45) is 0 Å². The largest absolute Gasteiger partial charge is 0.345 e. The minimum absolute atomic E-state index is 0.213. The van der Waals surface area contributed by atoms with E-state index < -0.39 is 0 Å². The van der Waals surface area contributed by atoms with Gasteiger partial charge in [0, 0.05) is 23.3 Å². The Balaban J connectivity index is 2.20. The number of H-pyrrole nitrogens is 1. The number of aromatic nitrogens is 2. The fraction of sp³-hybridized carbons (Fsp3) is 0. The molecule has 2 heterocycles. The normalized spacial score (nSPS) is 10.8. The second-order valence-electron chi connectivity index (χ2n) is 4.03. The monoisotopic (exact) mass is 290 g/mol. The Morgan fingerprint density at radius 2 is 1.84 bits per heavy atom. The van der Waals surface area contributed by atoms with Gasteiger partial charge < -0.3 is 4.98 Å². The van der Waals surface area contributed by atoms with E-state index in [2.05, 4.69) is 9.97 Å². The lowest BCUT2D eigenvalue weighted by atomic mass is 10.0. The van der Waals surface area contributed by atoms with Crippen LogP contribution in [0.3, 0.4) is 0 Å². The maximum atomic E-state index is 12.5. The number of carbonyl (C=O) groups excluding carboxylic acids is 1. The first-order valence-corrected chi connectivity index (χ1v) is 6.35. The molecular weight excluding hydrogens is 283 g/mol. The van der Waals surface area contributed by atoms with Gasteiger partial charge in [0.15, 0.2) is 5.78 Å². The van der Waals surface area contributed by atoms with Crippen LogP contribution >= 0.6 is 23.2 Å². The Morgan fingerprint density at radius 1 is 1.11 bits per heavy atom. The van der Waals surface area contributed by atoms with Crippen molar-refractivity contribution < 1.29 is 4.79 Å². The van der Waals surface area contributed by atoms with E-state index in [1.165, 1.54) is 0 Å². The van der Waals surface area contributed by atoms with Gasteiger partial charge in [0.2, 0.25) is 0 Å². The van der Waals surface area contributed by atoms with Crippen molar-refractivity contribution in [3.63, 3.8) is 0 Å². The molecule has 1 N–H and O–H groups in total. The number of aromatic amines is 1. The average molecular weight is 291 g/mol. The predicted octanol–water partition coefficient (Wildman–Crippen LogP) is 4.10. The summed E-state index contributed by atoms with van der Waals surface area (Å²) in [6.07, 6.45) is 3.29. The fourth-order valence-electron chi connectivity index (χ4n) is 1.99. The maximum absolute atomic E-state index is 12.5. The molecule has 0 bridgehead atoms. The van der Waals surface area contributed by atoms with Gasteiger partial charge >= 0.3 is 0 Å². The Labute approximate surface area is 119 Å². The summed E-state index contributed by atoms with van der Waals surface area (Å²) in [7, 11) is 0. The molecular formula is C14H8Cl2N2O. The van der Waals surface area contributed by atoms with E-state index in [0.29, 0.717) is 26.8 Å². The van der Waals surface area contributed by atoms with Gasteiger partial charge in [0.05, 0.1) is 15.6 Å². The number of hydrogen-bond donors (Lipinski definition) is 1. The zero-order chi connectivity index (χ0) is 13.4. The van der Waals surface area contributed by atoms with Gasteiger partial charge in [-0.3, -0.25) is 4.79 Å². The molecule has 0 aliphatic rings. The van der Waals surface area contributed by atoms with Crippen LogP contribution in [-0.2, 0) is 0 Å². The zero-order valence-electron chi connectivity index (χ0n) is 9.65. The van der Waals surface area contributed by atoms with E-state index >= 15 is 0 Å². The van der Waals surface area contributed by atoms with Crippen molar-refractivity contribution in [1.29, 1.82) is 0 Å². The van der Waals surface area contributed by atoms with Crippen molar-refractivity contribution in [1.82, 2.24) is 9.97 Å². The van der Waals surface area contributed by atoms with Gasteiger partial charge in [-0.25, -0.2) is 4.98 Å². The van der Waals surface area contributed by atoms with E-state index in [1.807, 2.05) is 6.07 Å². The molecule has 0 aliphatic heterocycles. The van der Waals surface area contributed by atoms with Crippen LogP contribution in [0.1, 0.15) is 15.9 Å². The third kappa shape index (κ3) is 2.01. The van der Waals surface area contributed by atoms with Crippen molar-refractivity contribution >= 4 is 40.0 Å². The highest BCUT2D eigenvalue weighted by atomic mass is 35.5. The highest BCUT2D eigenvalue weighted by molar-refractivity contribution is 6.41. The van der Waals surface area contributed by atoms with E-state index in [-0.39, 0.29) is 5.78 Å². The molecule has 1 aromatic carbocycles. The Kier molecular flexibility index (Phi) is 3.01. The number of halogens is 2. The molecule has 0 amide bonds. The first-order valence-electron chi connectivity index (χ1n) is 5.59. The molecule has 0 fully saturated rings. The summed E-state index contributed by atoms with van der Waals surface area (Å²) in [5.41, 5.74) is 1.49. The van der Waals surface area contributed by atoms with Crippen LogP contribution in [0.15, 0.2) is 42.7 Å². The average Bonchev–Trinajstić information content (AvgIpc) is 2.82. The van der Waals surface area contributed by atoms with E-state index in [9.17, 15) is 4.79 Å². The lowest BCUT2D eigenvalue weighted by molar-refractivity contribution is 0.104. The van der Waals surface area contributed by atoms with Crippen LogP contribution in [-0.4, -0.2) is 15.8 Å². The quantitative estimate of drug-likeness (QED) is 0.722. The number of nitrogens with one attached hydrogen (secondary N) is 1. The number of hydrogen-bond acceptors (Lipinski definition) is 2. The second-order valence-corrected chi connectivity index (χ2v) is 4.84. The summed E-state index contributed by atoms with van der Waals surface area (Å²) in [5, 5.41) is 1.44. The second kappa shape index (κ2) is 4.68. The Bertz CT molecular complexity index is 760. The lowest BCUT2D eigenvalue weighted by Crippen LogP contribution is -2.02. The smallest absolute Gasteiger partial charge is 0.198 e. The number of nitrogens with zero attached hydrogens (tertiary/aromatic N) is 1. The van der Waals surface area contributed by atoms with E-state index in [4.69, 9.17) is 23.2 Å². The molecule has 3 aromatic rings. The van der Waals surface area contributed by atoms with Crippen molar-refractivity contribution in [2.75, 3.05) is 0 Å². The summed E-state index contributed by atoms with van der Waals surface area (Å²) in [5.74, 6) is -0.213. The van der Waals surface area contributed by atoms with Crippen LogP contribution in [0.4, 0.5) is 0 Å². The Morgan fingerprint density at radius 3 is 2.58 bits per heavy atom. The van der Waals surface area contributed by atoms with Gasteiger partial charge in [-0.05, 0) is 24.3 Å². The molecule has 0 spiro atoms. The first-order chi connectivity index (χ1) is 9.18. The van der Waals surface area contributed by atoms with Gasteiger partial charge in [-0.2, -0.15) is 0 Å². The zero-order valence-corrected chi connectivity index (χ0v) is 11.2. The van der Waals surface area contributed by atoms with Crippen molar-refractivity contribution in [3.05, 3.63) is 63.9 Å². The van der Waals surface area contributed by atoms with Gasteiger partial charge in [0.25, 0.3) is 0 Å². The highest BCUT2D eigenvalue weighted by Gasteiger charge is 2.19. The molecule has 5 heteroatoms. The number of pyridine rings is 1. The molecule has 0 atom stereocenters. The summed E-state index contributed by atoms with van der Waals surface area (Å²) in [6, 6.07) is 8.61. The topological polar surface area (TPSA) is 45.8 Å². The van der Waals surface area contributed by atoms with Crippen LogP contribution in [0.2, 0.25) is 10.0 Å². The highest BCUT2D eigenvalue weighted by Crippen LogP contribution is 2.29. The summed E-state index contributed by atoms with van der Waals surface area (Å²) < 4.78 is 0. The first kappa shape index (κ1) is 12.2. The standard InChI is InChI=1S/C14H8Cl2N2O/c15-10-4-1-5-11(16)12(10)13(19)9-7-18-14-8(9)3-2-6-17-14/h1-7H,(H,17,18). The molecule has 0 saturated heterocycles. The molecule has 19 heavy (non-hydrogen) atoms. The molecule has 3 rings (SSSR count). The SMILES string of the molecule is O=C(c1c(Cl)cccc1Cl)c1c[nH]c2ncccc12. The molecule has 3 nitrogen and oxygen atoms in total. The van der Waals surface area contributed by atoms with Gasteiger partial charge in [0.1, 0.15) is 5.65 Å². The summed E-state index contributed by atoms with van der Waals surface area (Å²) in [6.45, 7) is 0. The predicted molar refractivity (Wildman–Crippen MR) is 76.0 cm³/mol. The lowest BCUT2D eigenvalue weighted by Gasteiger charge is -2.04. The third-order valence-corrected chi connectivity index (χ3v) is 3.52. The summed E-state index contributed by atoms with van der Waals surface area (Å²) >= 11 is 12.1. The van der Waals surface area contributed by atoms with Crippen molar-refractivity contribution in [2.45, 2.75) is 0 Å². The van der Waals surface area contributed by atoms with Gasteiger partial charge in [-0.15, -0.1) is 0 Å². The van der Waals surface area contributed by atoms with Crippen LogP contribution in [0.5, 0.6) is 0 Å². The van der Waals surface area contributed by atoms with E-state index in [0.717, 1.165) is 5.39 Å². The minimum Gasteiger partial charge on any atom is -0.345 e. The number of ketones is 1.